The first-order valence-electron chi connectivity index (χ1n) is 10.8. The number of hydrogen-bond acceptors (Lipinski definition) is 3. The SMILES string of the molecule is Cc1c(C(=O)NC23CC4CC(CC(C4)C2)C3)cnn1-c1ccc2ccccc2n1. The Morgan fingerprint density at radius 3 is 2.45 bits per heavy atom. The Morgan fingerprint density at radius 2 is 1.72 bits per heavy atom. The van der Waals surface area contributed by atoms with Crippen molar-refractivity contribution in [2.75, 3.05) is 0 Å². The summed E-state index contributed by atoms with van der Waals surface area (Å²) in [7, 11) is 0. The lowest BCUT2D eigenvalue weighted by Gasteiger charge is -2.56. The molecule has 4 bridgehead atoms. The zero-order valence-electron chi connectivity index (χ0n) is 16.8. The largest absolute Gasteiger partial charge is 0.346 e. The molecule has 5 nitrogen and oxygen atoms in total. The number of carbonyl (C=O) groups is 1. The molecule has 0 saturated heterocycles. The molecule has 4 aliphatic carbocycles. The summed E-state index contributed by atoms with van der Waals surface area (Å²) >= 11 is 0. The Bertz CT molecular complexity index is 1080. The van der Waals surface area contributed by atoms with E-state index in [0.717, 1.165) is 59.4 Å². The van der Waals surface area contributed by atoms with Crippen LogP contribution in [0.5, 0.6) is 0 Å². The number of hydrogen-bond donors (Lipinski definition) is 1. The summed E-state index contributed by atoms with van der Waals surface area (Å²) in [6.07, 6.45) is 9.29. The van der Waals surface area contributed by atoms with Crippen LogP contribution in [0, 0.1) is 24.7 Å². The van der Waals surface area contributed by atoms with Crippen molar-refractivity contribution in [1.82, 2.24) is 20.1 Å². The fraction of sp³-hybridized carbons (Fsp3) is 0.458. The third-order valence-electron chi connectivity index (χ3n) is 7.47. The molecule has 4 aliphatic rings. The van der Waals surface area contributed by atoms with Gasteiger partial charge in [-0.15, -0.1) is 0 Å². The summed E-state index contributed by atoms with van der Waals surface area (Å²) in [5, 5.41) is 9.06. The van der Waals surface area contributed by atoms with Crippen LogP contribution in [0.4, 0.5) is 0 Å². The number of amides is 1. The average molecular weight is 386 g/mol. The minimum Gasteiger partial charge on any atom is -0.346 e. The topological polar surface area (TPSA) is 59.8 Å². The van der Waals surface area contributed by atoms with E-state index in [9.17, 15) is 4.79 Å². The van der Waals surface area contributed by atoms with E-state index in [-0.39, 0.29) is 11.4 Å². The zero-order chi connectivity index (χ0) is 19.6. The summed E-state index contributed by atoms with van der Waals surface area (Å²) < 4.78 is 1.78. The van der Waals surface area contributed by atoms with Gasteiger partial charge in [-0.05, 0) is 81.4 Å². The Hall–Kier alpha value is -2.69. The van der Waals surface area contributed by atoms with Crippen molar-refractivity contribution in [3.05, 3.63) is 53.9 Å². The van der Waals surface area contributed by atoms with Crippen molar-refractivity contribution in [2.24, 2.45) is 17.8 Å². The monoisotopic (exact) mass is 386 g/mol. The fourth-order valence-electron chi connectivity index (χ4n) is 6.61. The molecule has 2 aromatic heterocycles. The number of pyridine rings is 1. The van der Waals surface area contributed by atoms with Gasteiger partial charge in [0, 0.05) is 10.9 Å². The molecular formula is C24H26N4O. The molecule has 0 spiro atoms. The highest BCUT2D eigenvalue weighted by atomic mass is 16.1. The standard InChI is InChI=1S/C24H26N4O/c1-15-20(14-25-28(15)22-7-6-19-4-2-3-5-21(19)26-22)23(29)27-24-11-16-8-17(12-24)10-18(9-16)13-24/h2-7,14,16-18H,8-13H2,1H3,(H,27,29). The molecule has 0 aliphatic heterocycles. The second kappa shape index (κ2) is 6.15. The number of fused-ring (bicyclic) bond motifs is 1. The maximum absolute atomic E-state index is 13.2. The molecule has 0 atom stereocenters. The molecule has 7 rings (SSSR count). The van der Waals surface area contributed by atoms with E-state index in [1.807, 2.05) is 43.3 Å². The minimum absolute atomic E-state index is 0.0154. The highest BCUT2D eigenvalue weighted by molar-refractivity contribution is 5.95. The highest BCUT2D eigenvalue weighted by Gasteiger charge is 2.51. The molecule has 1 aromatic carbocycles. The van der Waals surface area contributed by atoms with Crippen molar-refractivity contribution in [2.45, 2.75) is 51.0 Å². The van der Waals surface area contributed by atoms with E-state index in [2.05, 4.69) is 10.4 Å². The number of aromatic nitrogens is 3. The van der Waals surface area contributed by atoms with E-state index in [1.165, 1.54) is 19.3 Å². The molecule has 2 heterocycles. The quantitative estimate of drug-likeness (QED) is 0.724. The Labute approximate surface area is 170 Å². The lowest BCUT2D eigenvalue weighted by molar-refractivity contribution is -0.0167. The number of carbonyl (C=O) groups excluding carboxylic acids is 1. The molecule has 5 heteroatoms. The van der Waals surface area contributed by atoms with Crippen LogP contribution < -0.4 is 5.32 Å². The lowest BCUT2D eigenvalue weighted by atomic mass is 9.53. The van der Waals surface area contributed by atoms with Crippen LogP contribution in [-0.2, 0) is 0 Å². The number of benzene rings is 1. The molecule has 0 radical (unpaired) electrons. The van der Waals surface area contributed by atoms with Crippen molar-refractivity contribution in [3.8, 4) is 5.82 Å². The van der Waals surface area contributed by atoms with Gasteiger partial charge in [0.1, 0.15) is 0 Å². The van der Waals surface area contributed by atoms with Gasteiger partial charge < -0.3 is 5.32 Å². The second-order valence-corrected chi connectivity index (χ2v) is 9.57. The minimum atomic E-state index is 0.0154. The maximum Gasteiger partial charge on any atom is 0.255 e. The number of rotatable bonds is 3. The summed E-state index contributed by atoms with van der Waals surface area (Å²) in [5.41, 5.74) is 2.45. The normalized spacial score (nSPS) is 30.0. The van der Waals surface area contributed by atoms with Crippen molar-refractivity contribution >= 4 is 16.8 Å². The third-order valence-corrected chi connectivity index (χ3v) is 7.47. The fourth-order valence-corrected chi connectivity index (χ4v) is 6.61. The maximum atomic E-state index is 13.2. The van der Waals surface area contributed by atoms with Crippen molar-refractivity contribution < 1.29 is 4.79 Å². The summed E-state index contributed by atoms with van der Waals surface area (Å²) in [6.45, 7) is 1.96. The first kappa shape index (κ1) is 17.2. The van der Waals surface area contributed by atoms with Gasteiger partial charge in [-0.25, -0.2) is 9.67 Å². The van der Waals surface area contributed by atoms with Gasteiger partial charge in [0.2, 0.25) is 0 Å². The number of para-hydroxylation sites is 1. The molecule has 29 heavy (non-hydrogen) atoms. The van der Waals surface area contributed by atoms with Gasteiger partial charge in [0.25, 0.3) is 5.91 Å². The number of nitrogens with one attached hydrogen (secondary N) is 1. The van der Waals surface area contributed by atoms with E-state index in [4.69, 9.17) is 4.98 Å². The summed E-state index contributed by atoms with van der Waals surface area (Å²) in [5.74, 6) is 3.21. The lowest BCUT2D eigenvalue weighted by Crippen LogP contribution is -2.59. The van der Waals surface area contributed by atoms with Gasteiger partial charge in [-0.2, -0.15) is 5.10 Å². The van der Waals surface area contributed by atoms with E-state index >= 15 is 0 Å². The molecule has 4 fully saturated rings. The molecule has 148 valence electrons. The summed E-state index contributed by atoms with van der Waals surface area (Å²) in [4.78, 5) is 18.0. The van der Waals surface area contributed by atoms with Gasteiger partial charge >= 0.3 is 0 Å². The molecule has 1 amide bonds. The van der Waals surface area contributed by atoms with E-state index < -0.39 is 0 Å². The first-order chi connectivity index (χ1) is 14.1. The Balaban J connectivity index is 1.28. The molecule has 3 aromatic rings. The third kappa shape index (κ3) is 2.78. The van der Waals surface area contributed by atoms with Crippen LogP contribution in [0.25, 0.3) is 16.7 Å². The van der Waals surface area contributed by atoms with Crippen molar-refractivity contribution in [3.63, 3.8) is 0 Å². The molecule has 4 saturated carbocycles. The van der Waals surface area contributed by atoms with Crippen LogP contribution in [0.3, 0.4) is 0 Å². The molecule has 1 N–H and O–H groups in total. The van der Waals surface area contributed by atoms with Gasteiger partial charge in [-0.3, -0.25) is 4.79 Å². The predicted molar refractivity (Wildman–Crippen MR) is 112 cm³/mol. The summed E-state index contributed by atoms with van der Waals surface area (Å²) in [6, 6.07) is 12.1. The molecular weight excluding hydrogens is 360 g/mol. The van der Waals surface area contributed by atoms with Crippen LogP contribution >= 0.6 is 0 Å². The van der Waals surface area contributed by atoms with Crippen molar-refractivity contribution in [1.29, 1.82) is 0 Å². The second-order valence-electron chi connectivity index (χ2n) is 9.57. The zero-order valence-corrected chi connectivity index (χ0v) is 16.8. The molecule has 0 unspecified atom stereocenters. The van der Waals surface area contributed by atoms with Gasteiger partial charge in [-0.1, -0.05) is 18.2 Å². The van der Waals surface area contributed by atoms with E-state index in [1.54, 1.807) is 10.9 Å². The Morgan fingerprint density at radius 1 is 1.03 bits per heavy atom. The van der Waals surface area contributed by atoms with Crippen LogP contribution in [-0.4, -0.2) is 26.2 Å². The van der Waals surface area contributed by atoms with Crippen LogP contribution in [0.2, 0.25) is 0 Å². The average Bonchev–Trinajstić information content (AvgIpc) is 3.08. The van der Waals surface area contributed by atoms with Crippen LogP contribution in [0.1, 0.15) is 54.6 Å². The van der Waals surface area contributed by atoms with Crippen LogP contribution in [0.15, 0.2) is 42.6 Å². The van der Waals surface area contributed by atoms with Gasteiger partial charge in [0.15, 0.2) is 5.82 Å². The smallest absolute Gasteiger partial charge is 0.255 e. The van der Waals surface area contributed by atoms with E-state index in [0.29, 0.717) is 5.56 Å². The number of nitrogens with zero attached hydrogens (tertiary/aromatic N) is 3. The predicted octanol–water partition coefficient (Wildman–Crippen LogP) is 4.43. The highest BCUT2D eigenvalue weighted by Crippen LogP contribution is 2.55. The first-order valence-corrected chi connectivity index (χ1v) is 10.8. The Kier molecular flexibility index (Phi) is 3.65. The van der Waals surface area contributed by atoms with Gasteiger partial charge in [0.05, 0.1) is 23.0 Å².